The van der Waals surface area contributed by atoms with E-state index in [1.165, 1.54) is 0 Å². The first-order chi connectivity index (χ1) is 22.2. The van der Waals surface area contributed by atoms with Crippen molar-refractivity contribution in [1.29, 1.82) is 0 Å². The number of hydrogen-bond acceptors (Lipinski definition) is 4. The van der Waals surface area contributed by atoms with Crippen molar-refractivity contribution < 1.29 is 19.8 Å². The summed E-state index contributed by atoms with van der Waals surface area (Å²) in [6.07, 6.45) is 2.01. The van der Waals surface area contributed by atoms with Gasteiger partial charge < -0.3 is 20.8 Å². The van der Waals surface area contributed by atoms with Crippen LogP contribution in [0.25, 0.3) is 0 Å². The molecule has 0 heterocycles. The van der Waals surface area contributed by atoms with Gasteiger partial charge in [-0.3, -0.25) is 9.59 Å². The highest BCUT2D eigenvalue weighted by molar-refractivity contribution is 6.05. The molecule has 4 N–H and O–H groups in total. The van der Waals surface area contributed by atoms with Crippen LogP contribution in [0.5, 0.6) is 0 Å². The normalized spacial score (nSPS) is 16.0. The average Bonchev–Trinajstić information content (AvgIpc) is 3.57. The van der Waals surface area contributed by atoms with Crippen molar-refractivity contribution in [2.24, 2.45) is 11.1 Å². The molecule has 2 amide bonds. The van der Waals surface area contributed by atoms with Crippen LogP contribution in [0.1, 0.15) is 84.0 Å². The summed E-state index contributed by atoms with van der Waals surface area (Å²) in [6, 6.07) is 28.6. The monoisotopic (exact) mass is 632 g/mol. The van der Waals surface area contributed by atoms with Crippen LogP contribution in [0.4, 0.5) is 0 Å². The topological polar surface area (TPSA) is 104 Å². The summed E-state index contributed by atoms with van der Waals surface area (Å²) in [6.45, 7) is 11.5. The van der Waals surface area contributed by atoms with Crippen molar-refractivity contribution >= 4 is 11.8 Å². The van der Waals surface area contributed by atoms with E-state index in [9.17, 15) is 15.0 Å². The van der Waals surface area contributed by atoms with Gasteiger partial charge in [0.15, 0.2) is 0 Å². The van der Waals surface area contributed by atoms with Crippen molar-refractivity contribution in [3.63, 3.8) is 0 Å². The van der Waals surface area contributed by atoms with Crippen LogP contribution < -0.4 is 5.73 Å². The van der Waals surface area contributed by atoms with Gasteiger partial charge in [-0.15, -0.1) is 0 Å². The second-order valence-corrected chi connectivity index (χ2v) is 13.7. The van der Waals surface area contributed by atoms with Crippen LogP contribution in [0.3, 0.4) is 0 Å². The fourth-order valence-electron chi connectivity index (χ4n) is 7.41. The molecule has 0 saturated heterocycles. The molecule has 1 saturated carbocycles. The van der Waals surface area contributed by atoms with Gasteiger partial charge in [0.25, 0.3) is 0 Å². The Kier molecular flexibility index (Phi) is 9.50. The number of nitrogens with zero attached hydrogens (tertiary/aromatic N) is 1. The van der Waals surface area contributed by atoms with Gasteiger partial charge in [0.1, 0.15) is 16.6 Å². The molecule has 0 spiro atoms. The van der Waals surface area contributed by atoms with E-state index in [0.717, 1.165) is 22.3 Å². The van der Waals surface area contributed by atoms with Crippen LogP contribution in [0, 0.1) is 33.1 Å². The number of rotatable bonds is 10. The molecule has 0 aliphatic heterocycles. The molecule has 4 aromatic rings. The largest absolute Gasteiger partial charge is 0.378 e. The predicted molar refractivity (Wildman–Crippen MR) is 187 cm³/mol. The van der Waals surface area contributed by atoms with E-state index in [2.05, 4.69) is 0 Å². The molecule has 2 atom stereocenters. The van der Waals surface area contributed by atoms with Crippen molar-refractivity contribution in [2.75, 3.05) is 0 Å². The third-order valence-corrected chi connectivity index (χ3v) is 10.6. The molecule has 6 nitrogen and oxygen atoms in total. The number of hydrogen-bond donors (Lipinski definition) is 3. The Morgan fingerprint density at radius 2 is 0.851 bits per heavy atom. The number of benzene rings is 4. The maximum atomic E-state index is 15.2. The molecule has 1 aliphatic carbocycles. The molecule has 2 unspecified atom stereocenters. The van der Waals surface area contributed by atoms with Gasteiger partial charge in [0, 0.05) is 0 Å². The van der Waals surface area contributed by atoms with E-state index in [4.69, 9.17) is 5.73 Å². The van der Waals surface area contributed by atoms with Crippen molar-refractivity contribution in [3.8, 4) is 0 Å². The second-order valence-electron chi connectivity index (χ2n) is 13.7. The lowest BCUT2D eigenvalue weighted by Gasteiger charge is -2.51. The zero-order valence-electron chi connectivity index (χ0n) is 28.5. The lowest BCUT2D eigenvalue weighted by atomic mass is 9.73. The number of primary amides is 1. The smallest absolute Gasteiger partial charge is 0.238 e. The van der Waals surface area contributed by atoms with Crippen LogP contribution in [0.15, 0.2) is 97.1 Å². The summed E-state index contributed by atoms with van der Waals surface area (Å²) >= 11 is 0. The van der Waals surface area contributed by atoms with Crippen molar-refractivity contribution in [2.45, 2.75) is 90.5 Å². The number of amides is 2. The average molecular weight is 633 g/mol. The van der Waals surface area contributed by atoms with Gasteiger partial charge in [0.05, 0.1) is 12.1 Å². The molecule has 6 heteroatoms. The maximum absolute atomic E-state index is 15.2. The molecule has 47 heavy (non-hydrogen) atoms. The molecule has 0 radical (unpaired) electrons. The van der Waals surface area contributed by atoms with Crippen LogP contribution in [0.2, 0.25) is 0 Å². The number of aryl methyl sites for hydroxylation is 4. The molecule has 0 aromatic heterocycles. The summed E-state index contributed by atoms with van der Waals surface area (Å²) in [5.41, 5.74) is 7.70. The minimum Gasteiger partial charge on any atom is -0.378 e. The van der Waals surface area contributed by atoms with Crippen molar-refractivity contribution in [1.82, 2.24) is 4.90 Å². The third kappa shape index (κ3) is 6.01. The first kappa shape index (κ1) is 34.1. The van der Waals surface area contributed by atoms with Gasteiger partial charge >= 0.3 is 0 Å². The van der Waals surface area contributed by atoms with Crippen molar-refractivity contribution in [3.05, 3.63) is 142 Å². The van der Waals surface area contributed by atoms with E-state index >= 15 is 4.79 Å². The highest BCUT2D eigenvalue weighted by atomic mass is 16.3. The van der Waals surface area contributed by atoms with Gasteiger partial charge in [-0.05, 0) is 76.6 Å². The molecule has 5 rings (SSSR count). The molecule has 1 fully saturated rings. The van der Waals surface area contributed by atoms with Crippen LogP contribution >= 0.6 is 0 Å². The Hall–Kier alpha value is -4.26. The Balaban J connectivity index is 1.79. The number of nitrogens with two attached hydrogens (primary N) is 1. The predicted octanol–water partition coefficient (Wildman–Crippen LogP) is 6.74. The number of aliphatic hydroxyl groups is 2. The minimum atomic E-state index is -1.72. The fraction of sp³-hybridized carbons (Fsp3) is 0.366. The SMILES string of the molecule is Cc1ccc(C(O)(c2ccc(C)cc2)C(C)N(C(=O)C2(C(N)=O)CCCC2)C(C)C(O)(c2ccc(C)cc2)c2ccc(C)cc2)cc1. The molecular formula is C41H48N2O4. The summed E-state index contributed by atoms with van der Waals surface area (Å²) in [5.74, 6) is -1.15. The quantitative estimate of drug-likeness (QED) is 0.168. The summed E-state index contributed by atoms with van der Waals surface area (Å²) < 4.78 is 0. The van der Waals surface area contributed by atoms with E-state index in [1.54, 1.807) is 4.90 Å². The highest BCUT2D eigenvalue weighted by Crippen LogP contribution is 2.47. The molecule has 246 valence electrons. The van der Waals surface area contributed by atoms with E-state index in [1.807, 2.05) is 139 Å². The molecular weight excluding hydrogens is 584 g/mol. The lowest BCUT2D eigenvalue weighted by molar-refractivity contribution is -0.164. The standard InChI is InChI=1S/C41H48N2O4/c1-27-9-17-33(18-10-27)40(46,34-19-11-28(2)12-20-34)31(5)43(38(45)39(37(42)44)25-7-8-26-39)32(6)41(47,35-21-13-29(3)14-22-35)36-23-15-30(4)16-24-36/h9-24,31-32,46-47H,7-8,25-26H2,1-6H3,(H2,42,44). The highest BCUT2D eigenvalue weighted by Gasteiger charge is 2.56. The second kappa shape index (κ2) is 13.1. The first-order valence-corrected chi connectivity index (χ1v) is 16.6. The zero-order valence-corrected chi connectivity index (χ0v) is 28.5. The first-order valence-electron chi connectivity index (χ1n) is 16.6. The van der Waals surface area contributed by atoms with Crippen LogP contribution in [-0.2, 0) is 20.8 Å². The maximum Gasteiger partial charge on any atom is 0.238 e. The van der Waals surface area contributed by atoms with Crippen LogP contribution in [-0.4, -0.2) is 39.0 Å². The van der Waals surface area contributed by atoms with E-state index in [-0.39, 0.29) is 0 Å². The van der Waals surface area contributed by atoms with Gasteiger partial charge in [-0.2, -0.15) is 0 Å². The molecule has 4 aromatic carbocycles. The zero-order chi connectivity index (χ0) is 34.1. The number of carbonyl (C=O) groups is 2. The Labute approximate surface area is 279 Å². The Bertz CT molecular complexity index is 1510. The summed E-state index contributed by atoms with van der Waals surface area (Å²) in [4.78, 5) is 30.1. The van der Waals surface area contributed by atoms with E-state index < -0.39 is 40.5 Å². The van der Waals surface area contributed by atoms with Gasteiger partial charge in [0.2, 0.25) is 11.8 Å². The fourth-order valence-corrected chi connectivity index (χ4v) is 7.41. The summed E-state index contributed by atoms with van der Waals surface area (Å²) in [5, 5.41) is 26.3. The van der Waals surface area contributed by atoms with Gasteiger partial charge in [-0.1, -0.05) is 132 Å². The Morgan fingerprint density at radius 1 is 0.596 bits per heavy atom. The molecule has 1 aliphatic rings. The van der Waals surface area contributed by atoms with Gasteiger partial charge in [-0.25, -0.2) is 0 Å². The lowest BCUT2D eigenvalue weighted by Crippen LogP contribution is -2.64. The third-order valence-electron chi connectivity index (χ3n) is 10.6. The van der Waals surface area contributed by atoms with E-state index in [0.29, 0.717) is 47.9 Å². The minimum absolute atomic E-state index is 0.318. The number of carbonyl (C=O) groups excluding carboxylic acids is 2. The molecule has 0 bridgehead atoms. The summed E-state index contributed by atoms with van der Waals surface area (Å²) in [7, 11) is 0. The Morgan fingerprint density at radius 3 is 1.09 bits per heavy atom.